The summed E-state index contributed by atoms with van der Waals surface area (Å²) in [5.74, 6) is 0. The lowest BCUT2D eigenvalue weighted by molar-refractivity contribution is -0.00869. The molecule has 2 nitrogen and oxygen atoms in total. The smallest absolute Gasteiger partial charge is 0.0780 e. The lowest BCUT2D eigenvalue weighted by Gasteiger charge is -2.13. The Balaban J connectivity index is 3.12. The van der Waals surface area contributed by atoms with Crippen molar-refractivity contribution >= 4 is 0 Å². The van der Waals surface area contributed by atoms with Crippen molar-refractivity contribution in [2.24, 2.45) is 0 Å². The molecule has 0 aliphatic carbocycles. The highest BCUT2D eigenvalue weighted by molar-refractivity contribution is 4.51. The van der Waals surface area contributed by atoms with Crippen molar-refractivity contribution in [1.29, 1.82) is 0 Å². The Bertz CT molecular complexity index is 255. The average Bonchev–Trinajstić information content (AvgIpc) is 2.67. The van der Waals surface area contributed by atoms with Crippen molar-refractivity contribution in [2.75, 3.05) is 19.8 Å². The second-order valence-corrected chi connectivity index (χ2v) is 8.41. The molecule has 0 saturated heterocycles. The second kappa shape index (κ2) is 24.0. The maximum atomic E-state index is 5.87. The topological polar surface area (TPSA) is 18.5 Å². The molecular weight excluding hydrogens is 332 g/mol. The van der Waals surface area contributed by atoms with Gasteiger partial charge >= 0.3 is 0 Å². The van der Waals surface area contributed by atoms with E-state index in [1.54, 1.807) is 0 Å². The molecule has 0 spiro atoms. The Hall–Kier alpha value is -0.0800. The van der Waals surface area contributed by atoms with E-state index in [0.717, 1.165) is 19.8 Å². The van der Waals surface area contributed by atoms with Gasteiger partial charge in [0.1, 0.15) is 0 Å². The molecule has 0 heterocycles. The fraction of sp³-hybridized carbons (Fsp3) is 1.00. The quantitative estimate of drug-likeness (QED) is 0.164. The van der Waals surface area contributed by atoms with Gasteiger partial charge in [0.15, 0.2) is 0 Å². The van der Waals surface area contributed by atoms with Gasteiger partial charge in [0.2, 0.25) is 0 Å². The maximum Gasteiger partial charge on any atom is 0.0780 e. The maximum absolute atomic E-state index is 5.87. The third kappa shape index (κ3) is 23.9. The van der Waals surface area contributed by atoms with E-state index >= 15 is 0 Å². The van der Waals surface area contributed by atoms with Crippen molar-refractivity contribution in [3.05, 3.63) is 0 Å². The summed E-state index contributed by atoms with van der Waals surface area (Å²) >= 11 is 0. The Morgan fingerprint density at radius 3 is 1.30 bits per heavy atom. The van der Waals surface area contributed by atoms with Crippen LogP contribution >= 0.6 is 0 Å². The highest BCUT2D eigenvalue weighted by Crippen LogP contribution is 2.11. The second-order valence-electron chi connectivity index (χ2n) is 8.41. The predicted molar refractivity (Wildman–Crippen MR) is 121 cm³/mol. The van der Waals surface area contributed by atoms with Crippen LogP contribution in [-0.2, 0) is 9.47 Å². The fourth-order valence-corrected chi connectivity index (χ4v) is 3.51. The first-order valence-electron chi connectivity index (χ1n) is 12.5. The van der Waals surface area contributed by atoms with Crippen LogP contribution in [0.5, 0.6) is 0 Å². The summed E-state index contributed by atoms with van der Waals surface area (Å²) in [7, 11) is 0. The molecule has 0 bridgehead atoms. The molecule has 0 rings (SSSR count). The molecule has 0 N–H and O–H groups in total. The van der Waals surface area contributed by atoms with Crippen LogP contribution < -0.4 is 0 Å². The molecule has 0 aliphatic heterocycles. The van der Waals surface area contributed by atoms with E-state index in [2.05, 4.69) is 20.8 Å². The zero-order valence-electron chi connectivity index (χ0n) is 19.2. The van der Waals surface area contributed by atoms with E-state index in [-0.39, 0.29) is 6.10 Å². The molecule has 0 fully saturated rings. The van der Waals surface area contributed by atoms with E-state index in [1.165, 1.54) is 116 Å². The monoisotopic (exact) mass is 384 g/mol. The highest BCUT2D eigenvalue weighted by atomic mass is 16.5. The lowest BCUT2D eigenvalue weighted by Crippen LogP contribution is -2.17. The molecule has 0 aromatic rings. The predicted octanol–water partition coefficient (Wildman–Crippen LogP) is 8.47. The fourth-order valence-electron chi connectivity index (χ4n) is 3.51. The van der Waals surface area contributed by atoms with E-state index < -0.39 is 0 Å². The van der Waals surface area contributed by atoms with Gasteiger partial charge in [-0.15, -0.1) is 0 Å². The van der Waals surface area contributed by atoms with Crippen LogP contribution in [0.2, 0.25) is 0 Å². The van der Waals surface area contributed by atoms with E-state index in [1.807, 2.05) is 0 Å². The minimum absolute atomic E-state index is 0.248. The van der Waals surface area contributed by atoms with Crippen LogP contribution in [0.1, 0.15) is 136 Å². The van der Waals surface area contributed by atoms with E-state index in [4.69, 9.17) is 9.47 Å². The molecule has 1 atom stereocenters. The van der Waals surface area contributed by atoms with Gasteiger partial charge in [0.05, 0.1) is 12.7 Å². The van der Waals surface area contributed by atoms with Crippen LogP contribution in [0, 0.1) is 0 Å². The molecule has 0 aromatic carbocycles. The van der Waals surface area contributed by atoms with Gasteiger partial charge in [-0.3, -0.25) is 0 Å². The van der Waals surface area contributed by atoms with Crippen molar-refractivity contribution in [3.8, 4) is 0 Å². The van der Waals surface area contributed by atoms with Crippen molar-refractivity contribution < 1.29 is 9.47 Å². The first-order chi connectivity index (χ1) is 13.3. The van der Waals surface area contributed by atoms with Crippen molar-refractivity contribution in [3.63, 3.8) is 0 Å². The van der Waals surface area contributed by atoms with Gasteiger partial charge in [-0.1, -0.05) is 117 Å². The normalized spacial score (nSPS) is 12.6. The van der Waals surface area contributed by atoms with Gasteiger partial charge < -0.3 is 9.47 Å². The van der Waals surface area contributed by atoms with Gasteiger partial charge in [-0.2, -0.15) is 0 Å². The number of ether oxygens (including phenoxy) is 2. The van der Waals surface area contributed by atoms with Crippen molar-refractivity contribution in [1.82, 2.24) is 0 Å². The molecule has 0 amide bonds. The largest absolute Gasteiger partial charge is 0.379 e. The summed E-state index contributed by atoms with van der Waals surface area (Å²) in [5.41, 5.74) is 0. The lowest BCUT2D eigenvalue weighted by atomic mass is 10.1. The Morgan fingerprint density at radius 2 is 0.852 bits per heavy atom. The Labute approximate surface area is 172 Å². The summed E-state index contributed by atoms with van der Waals surface area (Å²) in [6, 6.07) is 0. The number of rotatable bonds is 23. The third-order valence-corrected chi connectivity index (χ3v) is 5.40. The Kier molecular flexibility index (Phi) is 23.9. The molecule has 0 aliphatic rings. The SMILES string of the molecule is CCCCCCCCCCCOCC(C)OCCCCCCCCCCC. The summed E-state index contributed by atoms with van der Waals surface area (Å²) in [6.45, 7) is 9.27. The van der Waals surface area contributed by atoms with Crippen LogP contribution in [-0.4, -0.2) is 25.9 Å². The molecular formula is C25H52O2. The van der Waals surface area contributed by atoms with Crippen LogP contribution in [0.3, 0.4) is 0 Å². The molecule has 0 saturated carbocycles. The number of unbranched alkanes of at least 4 members (excludes halogenated alkanes) is 16. The molecule has 27 heavy (non-hydrogen) atoms. The first kappa shape index (κ1) is 26.9. The average molecular weight is 385 g/mol. The minimum Gasteiger partial charge on any atom is -0.379 e. The molecule has 1 unspecified atom stereocenters. The van der Waals surface area contributed by atoms with Crippen LogP contribution in [0.4, 0.5) is 0 Å². The minimum atomic E-state index is 0.248. The molecule has 2 heteroatoms. The molecule has 0 aromatic heterocycles. The summed E-state index contributed by atoms with van der Waals surface area (Å²) in [4.78, 5) is 0. The first-order valence-corrected chi connectivity index (χ1v) is 12.5. The van der Waals surface area contributed by atoms with Crippen molar-refractivity contribution in [2.45, 2.75) is 142 Å². The number of hydrogen-bond acceptors (Lipinski definition) is 2. The summed E-state index contributed by atoms with van der Waals surface area (Å²) in [5, 5.41) is 0. The summed E-state index contributed by atoms with van der Waals surface area (Å²) < 4.78 is 11.6. The van der Waals surface area contributed by atoms with Gasteiger partial charge in [0, 0.05) is 13.2 Å². The summed E-state index contributed by atoms with van der Waals surface area (Å²) in [6.07, 6.45) is 24.9. The highest BCUT2D eigenvalue weighted by Gasteiger charge is 2.02. The van der Waals surface area contributed by atoms with Crippen LogP contribution in [0.25, 0.3) is 0 Å². The molecule has 164 valence electrons. The molecule has 0 radical (unpaired) electrons. The zero-order chi connectivity index (χ0) is 19.8. The Morgan fingerprint density at radius 1 is 0.481 bits per heavy atom. The third-order valence-electron chi connectivity index (χ3n) is 5.40. The van der Waals surface area contributed by atoms with E-state index in [0.29, 0.717) is 0 Å². The van der Waals surface area contributed by atoms with E-state index in [9.17, 15) is 0 Å². The van der Waals surface area contributed by atoms with Gasteiger partial charge in [-0.25, -0.2) is 0 Å². The zero-order valence-corrected chi connectivity index (χ0v) is 19.2. The van der Waals surface area contributed by atoms with Gasteiger partial charge in [0.25, 0.3) is 0 Å². The van der Waals surface area contributed by atoms with Crippen LogP contribution in [0.15, 0.2) is 0 Å². The number of hydrogen-bond donors (Lipinski definition) is 0. The standard InChI is InChI=1S/C25H52O2/c1-4-6-8-10-12-14-16-18-20-22-26-24-25(3)27-23-21-19-17-15-13-11-9-7-5-2/h25H,4-24H2,1-3H3. The van der Waals surface area contributed by atoms with Gasteiger partial charge in [-0.05, 0) is 19.8 Å².